The largest absolute Gasteiger partial charge is 0.427 e. The van der Waals surface area contributed by atoms with E-state index < -0.39 is 18.0 Å². The fourth-order valence-corrected chi connectivity index (χ4v) is 2.94. The number of carbonyl (C=O) groups is 3. The van der Waals surface area contributed by atoms with E-state index in [1.807, 2.05) is 6.07 Å². The van der Waals surface area contributed by atoms with Gasteiger partial charge >= 0.3 is 12.0 Å². The van der Waals surface area contributed by atoms with Gasteiger partial charge in [0.25, 0.3) is 5.91 Å². The number of aliphatic imine (C=N–C) groups is 1. The normalized spacial score (nSPS) is 18.2. The fourth-order valence-electron chi connectivity index (χ4n) is 2.94. The first-order valence-corrected chi connectivity index (χ1v) is 7.65. The van der Waals surface area contributed by atoms with Gasteiger partial charge in [-0.2, -0.15) is 0 Å². The van der Waals surface area contributed by atoms with Gasteiger partial charge in [-0.15, -0.1) is 0 Å². The second kappa shape index (κ2) is 5.55. The number of carbonyl (C=O) groups excluding carboxylic acids is 3. The van der Waals surface area contributed by atoms with Crippen LogP contribution in [0, 0.1) is 0 Å². The average molecular weight is 335 g/mol. The van der Waals surface area contributed by atoms with Gasteiger partial charge in [-0.1, -0.05) is 12.1 Å². The number of benzene rings is 2. The third kappa shape index (κ3) is 2.37. The van der Waals surface area contributed by atoms with Crippen LogP contribution in [0.15, 0.2) is 53.5 Å². The summed E-state index contributed by atoms with van der Waals surface area (Å²) >= 11 is 0. The van der Waals surface area contributed by atoms with Crippen molar-refractivity contribution in [3.63, 3.8) is 0 Å². The minimum Gasteiger partial charge on any atom is -0.427 e. The molecule has 124 valence electrons. The Morgan fingerprint density at radius 2 is 1.80 bits per heavy atom. The van der Waals surface area contributed by atoms with Gasteiger partial charge in [0.05, 0.1) is 17.1 Å². The predicted octanol–water partition coefficient (Wildman–Crippen LogP) is 2.67. The molecule has 0 N–H and O–H groups in total. The topological polar surface area (TPSA) is 79.3 Å². The van der Waals surface area contributed by atoms with Crippen molar-refractivity contribution in [1.82, 2.24) is 0 Å². The molecule has 1 atom stereocenters. The molecule has 3 amide bonds. The van der Waals surface area contributed by atoms with Gasteiger partial charge in [0.2, 0.25) is 0 Å². The maximum absolute atomic E-state index is 12.9. The molecule has 7 heteroatoms. The summed E-state index contributed by atoms with van der Waals surface area (Å²) in [6.45, 7) is 1.30. The van der Waals surface area contributed by atoms with E-state index in [9.17, 15) is 14.4 Å². The minimum absolute atomic E-state index is 0.347. The summed E-state index contributed by atoms with van der Waals surface area (Å²) in [7, 11) is 0. The second-order valence-corrected chi connectivity index (χ2v) is 5.63. The number of para-hydroxylation sites is 2. The SMILES string of the molecule is CC(=O)Oc1ccc(N2C(=O)C3C=Nc4ccccc4N3C2=O)cc1. The van der Waals surface area contributed by atoms with Crippen molar-refractivity contribution in [3.05, 3.63) is 48.5 Å². The van der Waals surface area contributed by atoms with Crippen molar-refractivity contribution in [3.8, 4) is 5.75 Å². The number of hydrogen-bond donors (Lipinski definition) is 0. The number of amides is 3. The molecule has 0 bridgehead atoms. The molecule has 2 aromatic carbocycles. The molecule has 2 aromatic rings. The zero-order chi connectivity index (χ0) is 17.6. The molecule has 0 radical (unpaired) electrons. The van der Waals surface area contributed by atoms with Crippen LogP contribution in [0.4, 0.5) is 21.9 Å². The molecule has 0 aliphatic carbocycles. The van der Waals surface area contributed by atoms with Crippen molar-refractivity contribution >= 4 is 41.2 Å². The highest BCUT2D eigenvalue weighted by molar-refractivity contribution is 6.34. The van der Waals surface area contributed by atoms with Gasteiger partial charge in [-0.25, -0.2) is 9.69 Å². The van der Waals surface area contributed by atoms with E-state index in [0.29, 0.717) is 22.8 Å². The lowest BCUT2D eigenvalue weighted by atomic mass is 10.1. The van der Waals surface area contributed by atoms with E-state index in [2.05, 4.69) is 4.99 Å². The Bertz CT molecular complexity index is 920. The summed E-state index contributed by atoms with van der Waals surface area (Å²) in [5.41, 5.74) is 1.66. The number of imide groups is 1. The molecule has 2 heterocycles. The Labute approximate surface area is 143 Å². The highest BCUT2D eigenvalue weighted by atomic mass is 16.5. The van der Waals surface area contributed by atoms with Crippen molar-refractivity contribution in [2.75, 3.05) is 9.80 Å². The third-order valence-electron chi connectivity index (χ3n) is 4.00. The second-order valence-electron chi connectivity index (χ2n) is 5.63. The summed E-state index contributed by atoms with van der Waals surface area (Å²) in [5.74, 6) is -0.463. The average Bonchev–Trinajstić information content (AvgIpc) is 2.86. The van der Waals surface area contributed by atoms with Gasteiger partial charge < -0.3 is 4.74 Å². The van der Waals surface area contributed by atoms with E-state index >= 15 is 0 Å². The molecule has 1 saturated heterocycles. The lowest BCUT2D eigenvalue weighted by molar-refractivity contribution is -0.131. The highest BCUT2D eigenvalue weighted by Crippen LogP contribution is 2.38. The standard InChI is InChI=1S/C18H13N3O4/c1-11(22)25-13-8-6-12(7-9-13)20-17(23)16-10-19-14-4-2-3-5-15(14)21(16)18(20)24/h2-10,16H,1H3. The van der Waals surface area contributed by atoms with Gasteiger partial charge in [-0.3, -0.25) is 19.5 Å². The van der Waals surface area contributed by atoms with Gasteiger partial charge in [-0.05, 0) is 36.4 Å². The van der Waals surface area contributed by atoms with Crippen LogP contribution in [-0.4, -0.2) is 30.2 Å². The van der Waals surface area contributed by atoms with Crippen LogP contribution in [0.5, 0.6) is 5.75 Å². The lowest BCUT2D eigenvalue weighted by Crippen LogP contribution is -2.38. The number of urea groups is 1. The van der Waals surface area contributed by atoms with Crippen molar-refractivity contribution in [1.29, 1.82) is 0 Å². The summed E-state index contributed by atoms with van der Waals surface area (Å²) in [6, 6.07) is 12.2. The first-order chi connectivity index (χ1) is 12.1. The molecule has 1 unspecified atom stereocenters. The lowest BCUT2D eigenvalue weighted by Gasteiger charge is -2.24. The molecule has 0 saturated carbocycles. The minimum atomic E-state index is -0.754. The summed E-state index contributed by atoms with van der Waals surface area (Å²) in [6.07, 6.45) is 1.48. The van der Waals surface area contributed by atoms with E-state index in [0.717, 1.165) is 4.90 Å². The molecule has 2 aliphatic rings. The number of fused-ring (bicyclic) bond motifs is 3. The molecule has 7 nitrogen and oxygen atoms in total. The first kappa shape index (κ1) is 15.1. The predicted molar refractivity (Wildman–Crippen MR) is 91.5 cm³/mol. The molecule has 4 rings (SSSR count). The van der Waals surface area contributed by atoms with Gasteiger partial charge in [0.15, 0.2) is 6.04 Å². The van der Waals surface area contributed by atoms with Crippen LogP contribution in [0.1, 0.15) is 6.92 Å². The number of nitrogens with zero attached hydrogens (tertiary/aromatic N) is 3. The molecular weight excluding hydrogens is 322 g/mol. The molecule has 2 aliphatic heterocycles. The maximum Gasteiger partial charge on any atom is 0.337 e. The van der Waals surface area contributed by atoms with Crippen LogP contribution in [0.2, 0.25) is 0 Å². The van der Waals surface area contributed by atoms with Crippen LogP contribution in [0.25, 0.3) is 0 Å². The Balaban J connectivity index is 1.69. The van der Waals surface area contributed by atoms with E-state index in [1.165, 1.54) is 30.2 Å². The number of esters is 1. The van der Waals surface area contributed by atoms with Gasteiger partial charge in [0.1, 0.15) is 5.75 Å². The third-order valence-corrected chi connectivity index (χ3v) is 4.00. The fraction of sp³-hybridized carbons (Fsp3) is 0.111. The van der Waals surface area contributed by atoms with E-state index in [4.69, 9.17) is 4.74 Å². The Hall–Kier alpha value is -3.48. The van der Waals surface area contributed by atoms with Crippen LogP contribution < -0.4 is 14.5 Å². The number of anilines is 2. The Morgan fingerprint density at radius 3 is 2.52 bits per heavy atom. The van der Waals surface area contributed by atoms with Crippen LogP contribution in [-0.2, 0) is 9.59 Å². The highest BCUT2D eigenvalue weighted by Gasteiger charge is 2.47. The number of hydrogen-bond acceptors (Lipinski definition) is 5. The zero-order valence-corrected chi connectivity index (χ0v) is 13.2. The van der Waals surface area contributed by atoms with Crippen molar-refractivity contribution in [2.24, 2.45) is 4.99 Å². The molecule has 25 heavy (non-hydrogen) atoms. The molecular formula is C18H13N3O4. The van der Waals surface area contributed by atoms with Gasteiger partial charge in [0, 0.05) is 13.1 Å². The molecule has 0 spiro atoms. The van der Waals surface area contributed by atoms with Crippen LogP contribution >= 0.6 is 0 Å². The number of rotatable bonds is 2. The maximum atomic E-state index is 12.9. The number of ether oxygens (including phenoxy) is 1. The zero-order valence-electron chi connectivity index (χ0n) is 13.2. The molecule has 1 fully saturated rings. The quantitative estimate of drug-likeness (QED) is 0.480. The Morgan fingerprint density at radius 1 is 1.08 bits per heavy atom. The molecule has 0 aromatic heterocycles. The van der Waals surface area contributed by atoms with E-state index in [-0.39, 0.29) is 5.91 Å². The van der Waals surface area contributed by atoms with Crippen LogP contribution in [0.3, 0.4) is 0 Å². The monoisotopic (exact) mass is 335 g/mol. The summed E-state index contributed by atoms with van der Waals surface area (Å²) < 4.78 is 4.97. The Kier molecular flexibility index (Phi) is 3.35. The summed E-state index contributed by atoms with van der Waals surface area (Å²) in [4.78, 5) is 43.4. The van der Waals surface area contributed by atoms with E-state index in [1.54, 1.807) is 30.3 Å². The van der Waals surface area contributed by atoms with Crippen molar-refractivity contribution in [2.45, 2.75) is 13.0 Å². The summed E-state index contributed by atoms with van der Waals surface area (Å²) in [5, 5.41) is 0. The first-order valence-electron chi connectivity index (χ1n) is 7.65. The van der Waals surface area contributed by atoms with Crippen molar-refractivity contribution < 1.29 is 19.1 Å². The smallest absolute Gasteiger partial charge is 0.337 e.